The van der Waals surface area contributed by atoms with Gasteiger partial charge < -0.3 is 4.90 Å². The first-order chi connectivity index (χ1) is 10.3. The zero-order valence-corrected chi connectivity index (χ0v) is 12.9. The van der Waals surface area contributed by atoms with Gasteiger partial charge in [0.25, 0.3) is 0 Å². The molecule has 0 saturated carbocycles. The Kier molecular flexibility index (Phi) is 4.70. The monoisotopic (exact) mass is 303 g/mol. The summed E-state index contributed by atoms with van der Waals surface area (Å²) in [6.07, 6.45) is 6.61. The minimum Gasteiger partial charge on any atom is -0.342 e. The SMILES string of the molecule is O=C(CCc1cccs1)N1CCCC(Cc2ccn[nH]2)C1. The summed E-state index contributed by atoms with van der Waals surface area (Å²) in [4.78, 5) is 15.7. The molecule has 2 aromatic rings. The maximum Gasteiger partial charge on any atom is 0.222 e. The van der Waals surface area contributed by atoms with Crippen LogP contribution in [0.15, 0.2) is 29.8 Å². The van der Waals surface area contributed by atoms with Crippen LogP contribution in [0.25, 0.3) is 0 Å². The molecular formula is C16H21N3OS. The van der Waals surface area contributed by atoms with Crippen molar-refractivity contribution in [1.29, 1.82) is 0 Å². The summed E-state index contributed by atoms with van der Waals surface area (Å²) in [5.74, 6) is 0.864. The molecule has 112 valence electrons. The lowest BCUT2D eigenvalue weighted by Gasteiger charge is -2.32. The lowest BCUT2D eigenvalue weighted by Crippen LogP contribution is -2.40. The number of piperidine rings is 1. The smallest absolute Gasteiger partial charge is 0.222 e. The number of aromatic amines is 1. The maximum atomic E-state index is 12.4. The van der Waals surface area contributed by atoms with Gasteiger partial charge in [-0.15, -0.1) is 11.3 Å². The van der Waals surface area contributed by atoms with Gasteiger partial charge >= 0.3 is 0 Å². The highest BCUT2D eigenvalue weighted by Crippen LogP contribution is 2.21. The fraction of sp³-hybridized carbons (Fsp3) is 0.500. The minimum atomic E-state index is 0.303. The van der Waals surface area contributed by atoms with Gasteiger partial charge in [0.05, 0.1) is 0 Å². The second-order valence-electron chi connectivity index (χ2n) is 5.71. The highest BCUT2D eigenvalue weighted by Gasteiger charge is 2.23. The van der Waals surface area contributed by atoms with E-state index in [0.29, 0.717) is 18.2 Å². The van der Waals surface area contributed by atoms with E-state index in [-0.39, 0.29) is 0 Å². The van der Waals surface area contributed by atoms with Crippen LogP contribution in [0.5, 0.6) is 0 Å². The van der Waals surface area contributed by atoms with E-state index in [1.165, 1.54) is 17.0 Å². The summed E-state index contributed by atoms with van der Waals surface area (Å²) in [5, 5.41) is 9.09. The van der Waals surface area contributed by atoms with E-state index < -0.39 is 0 Å². The molecule has 1 N–H and O–H groups in total. The number of likely N-dealkylation sites (tertiary alicyclic amines) is 1. The third-order valence-corrected chi connectivity index (χ3v) is 5.04. The number of H-pyrrole nitrogens is 1. The predicted molar refractivity (Wildman–Crippen MR) is 84.2 cm³/mol. The Morgan fingerprint density at radius 2 is 2.43 bits per heavy atom. The molecule has 0 radical (unpaired) electrons. The zero-order valence-electron chi connectivity index (χ0n) is 12.1. The average molecular weight is 303 g/mol. The van der Waals surface area contributed by atoms with E-state index in [2.05, 4.69) is 26.5 Å². The molecule has 3 rings (SSSR count). The number of aromatic nitrogens is 2. The molecule has 21 heavy (non-hydrogen) atoms. The van der Waals surface area contributed by atoms with Crippen LogP contribution < -0.4 is 0 Å². The Morgan fingerprint density at radius 3 is 3.19 bits per heavy atom. The zero-order chi connectivity index (χ0) is 14.5. The van der Waals surface area contributed by atoms with Crippen molar-refractivity contribution < 1.29 is 4.79 Å². The summed E-state index contributed by atoms with van der Waals surface area (Å²) < 4.78 is 0. The lowest BCUT2D eigenvalue weighted by molar-refractivity contribution is -0.132. The van der Waals surface area contributed by atoms with Gasteiger partial charge in [-0.25, -0.2) is 0 Å². The number of aryl methyl sites for hydroxylation is 1. The summed E-state index contributed by atoms with van der Waals surface area (Å²) in [6.45, 7) is 1.81. The third-order valence-electron chi connectivity index (χ3n) is 4.10. The van der Waals surface area contributed by atoms with Crippen molar-refractivity contribution in [3.63, 3.8) is 0 Å². The summed E-state index contributed by atoms with van der Waals surface area (Å²) in [7, 11) is 0. The molecule has 0 aliphatic carbocycles. The second kappa shape index (κ2) is 6.89. The van der Waals surface area contributed by atoms with Crippen LogP contribution in [0.4, 0.5) is 0 Å². The average Bonchev–Trinajstić information content (AvgIpc) is 3.18. The maximum absolute atomic E-state index is 12.4. The number of carbonyl (C=O) groups is 1. The van der Waals surface area contributed by atoms with Crippen LogP contribution in [0.2, 0.25) is 0 Å². The molecule has 5 heteroatoms. The van der Waals surface area contributed by atoms with Gasteiger partial charge in [-0.1, -0.05) is 6.07 Å². The van der Waals surface area contributed by atoms with Crippen molar-refractivity contribution >= 4 is 17.2 Å². The third kappa shape index (κ3) is 3.94. The second-order valence-corrected chi connectivity index (χ2v) is 6.75. The van der Waals surface area contributed by atoms with E-state index in [4.69, 9.17) is 0 Å². The molecule has 2 aromatic heterocycles. The van der Waals surface area contributed by atoms with Gasteiger partial charge in [0, 0.05) is 36.3 Å². The van der Waals surface area contributed by atoms with Crippen LogP contribution in [0.1, 0.15) is 29.8 Å². The van der Waals surface area contributed by atoms with Crippen molar-refractivity contribution in [3.05, 3.63) is 40.3 Å². The van der Waals surface area contributed by atoms with E-state index >= 15 is 0 Å². The summed E-state index contributed by atoms with van der Waals surface area (Å²) >= 11 is 1.73. The predicted octanol–water partition coefficient (Wildman–Crippen LogP) is 2.89. The van der Waals surface area contributed by atoms with Gasteiger partial charge in [-0.2, -0.15) is 5.10 Å². The van der Waals surface area contributed by atoms with Gasteiger partial charge in [0.2, 0.25) is 5.91 Å². The molecule has 1 atom stereocenters. The number of nitrogens with one attached hydrogen (secondary N) is 1. The molecule has 0 aromatic carbocycles. The first-order valence-corrected chi connectivity index (χ1v) is 8.47. The molecule has 3 heterocycles. The number of carbonyl (C=O) groups excluding carboxylic acids is 1. The van der Waals surface area contributed by atoms with Crippen molar-refractivity contribution in [2.75, 3.05) is 13.1 Å². The molecule has 4 nitrogen and oxygen atoms in total. The Bertz CT molecular complexity index is 550. The molecule has 1 unspecified atom stereocenters. The fourth-order valence-electron chi connectivity index (χ4n) is 3.01. The first-order valence-electron chi connectivity index (χ1n) is 7.59. The topological polar surface area (TPSA) is 49.0 Å². The van der Waals surface area contributed by atoms with E-state index in [0.717, 1.165) is 32.4 Å². The number of nitrogens with zero attached hydrogens (tertiary/aromatic N) is 2. The number of hydrogen-bond donors (Lipinski definition) is 1. The fourth-order valence-corrected chi connectivity index (χ4v) is 3.72. The standard InChI is InChI=1S/C16H21N3OS/c20-16(6-5-15-4-2-10-21-15)19-9-1-3-13(12-19)11-14-7-8-17-18-14/h2,4,7-8,10,13H,1,3,5-6,9,11-12H2,(H,17,18). The molecule has 0 spiro atoms. The Balaban J connectivity index is 1.49. The van der Waals surface area contributed by atoms with Gasteiger partial charge in [0.1, 0.15) is 0 Å². The summed E-state index contributed by atoms with van der Waals surface area (Å²) in [6, 6.07) is 6.18. The van der Waals surface area contributed by atoms with E-state index in [1.54, 1.807) is 17.5 Å². The van der Waals surface area contributed by atoms with E-state index in [9.17, 15) is 4.79 Å². The lowest BCUT2D eigenvalue weighted by atomic mass is 9.93. The number of rotatable bonds is 5. The molecule has 1 aliphatic heterocycles. The molecule has 1 saturated heterocycles. The first kappa shape index (κ1) is 14.3. The van der Waals surface area contributed by atoms with E-state index in [1.807, 2.05) is 12.1 Å². The summed E-state index contributed by atoms with van der Waals surface area (Å²) in [5.41, 5.74) is 1.17. The molecule has 1 aliphatic rings. The molecule has 1 fully saturated rings. The highest BCUT2D eigenvalue weighted by atomic mass is 32.1. The van der Waals surface area contributed by atoms with Crippen LogP contribution in [0.3, 0.4) is 0 Å². The number of amides is 1. The normalized spacial score (nSPS) is 18.9. The number of hydrogen-bond acceptors (Lipinski definition) is 3. The Labute approximate surface area is 129 Å². The minimum absolute atomic E-state index is 0.303. The van der Waals surface area contributed by atoms with Gasteiger partial charge in [-0.3, -0.25) is 9.89 Å². The van der Waals surface area contributed by atoms with Crippen LogP contribution >= 0.6 is 11.3 Å². The van der Waals surface area contributed by atoms with Crippen LogP contribution in [-0.2, 0) is 17.6 Å². The van der Waals surface area contributed by atoms with Crippen LogP contribution in [0, 0.1) is 5.92 Å². The van der Waals surface area contributed by atoms with Gasteiger partial charge in [0.15, 0.2) is 0 Å². The molecule has 1 amide bonds. The molecular weight excluding hydrogens is 282 g/mol. The Hall–Kier alpha value is -1.62. The largest absolute Gasteiger partial charge is 0.342 e. The molecule has 0 bridgehead atoms. The van der Waals surface area contributed by atoms with Crippen molar-refractivity contribution in [1.82, 2.24) is 15.1 Å². The highest BCUT2D eigenvalue weighted by molar-refractivity contribution is 7.09. The quantitative estimate of drug-likeness (QED) is 0.923. The number of thiophene rings is 1. The Morgan fingerprint density at radius 1 is 1.48 bits per heavy atom. The van der Waals surface area contributed by atoms with Crippen LogP contribution in [-0.4, -0.2) is 34.1 Å². The van der Waals surface area contributed by atoms with Crippen molar-refractivity contribution in [2.24, 2.45) is 5.92 Å². The van der Waals surface area contributed by atoms with Crippen molar-refractivity contribution in [2.45, 2.75) is 32.1 Å². The van der Waals surface area contributed by atoms with Gasteiger partial charge in [-0.05, 0) is 49.1 Å². The van der Waals surface area contributed by atoms with Crippen molar-refractivity contribution in [3.8, 4) is 0 Å².